The summed E-state index contributed by atoms with van der Waals surface area (Å²) in [6, 6.07) is 0. The van der Waals surface area contributed by atoms with Crippen LogP contribution in [-0.4, -0.2) is 16.8 Å². The summed E-state index contributed by atoms with van der Waals surface area (Å²) in [5, 5.41) is 8.79. The zero-order valence-electron chi connectivity index (χ0n) is 12.1. The standard InChI is InChI=1S/C16H25NO2/c1-3-8-14(11-12-16(18)19)17-15-10-7-5-4-6-9-13(15)2/h4-5H,3,6-12H2,1-2H3,(H,18,19)/b5-4+,15-13+,17-14+. The minimum atomic E-state index is -0.741. The molecule has 1 aliphatic carbocycles. The van der Waals surface area contributed by atoms with Gasteiger partial charge in [-0.25, -0.2) is 0 Å². The van der Waals surface area contributed by atoms with Crippen LogP contribution in [0.4, 0.5) is 0 Å². The Morgan fingerprint density at radius 3 is 2.53 bits per heavy atom. The van der Waals surface area contributed by atoms with Crippen molar-refractivity contribution >= 4 is 11.7 Å². The highest BCUT2D eigenvalue weighted by atomic mass is 16.4. The van der Waals surface area contributed by atoms with Gasteiger partial charge in [-0.05, 0) is 45.4 Å². The molecule has 0 aromatic rings. The molecule has 0 radical (unpaired) electrons. The van der Waals surface area contributed by atoms with Crippen molar-refractivity contribution in [2.75, 3.05) is 0 Å². The van der Waals surface area contributed by atoms with Crippen LogP contribution in [0.5, 0.6) is 0 Å². The van der Waals surface area contributed by atoms with E-state index in [1.54, 1.807) is 0 Å². The van der Waals surface area contributed by atoms with Crippen molar-refractivity contribution in [3.63, 3.8) is 0 Å². The fourth-order valence-corrected chi connectivity index (χ4v) is 2.23. The number of rotatable bonds is 6. The van der Waals surface area contributed by atoms with E-state index in [-0.39, 0.29) is 6.42 Å². The highest BCUT2D eigenvalue weighted by Gasteiger charge is 2.07. The molecule has 1 aliphatic rings. The van der Waals surface area contributed by atoms with Crippen LogP contribution in [0.25, 0.3) is 0 Å². The van der Waals surface area contributed by atoms with E-state index in [0.717, 1.165) is 44.2 Å². The van der Waals surface area contributed by atoms with E-state index in [4.69, 9.17) is 10.1 Å². The van der Waals surface area contributed by atoms with Gasteiger partial charge in [-0.1, -0.05) is 31.1 Å². The molecule has 0 aromatic heterocycles. The Morgan fingerprint density at radius 2 is 1.89 bits per heavy atom. The fraction of sp³-hybridized carbons (Fsp3) is 0.625. The van der Waals surface area contributed by atoms with E-state index < -0.39 is 5.97 Å². The second-order valence-corrected chi connectivity index (χ2v) is 5.10. The van der Waals surface area contributed by atoms with Gasteiger partial charge in [0.05, 0.1) is 6.42 Å². The Hall–Kier alpha value is -1.38. The molecule has 1 rings (SSSR count). The molecule has 0 amide bonds. The summed E-state index contributed by atoms with van der Waals surface area (Å²) in [5.41, 5.74) is 3.58. The van der Waals surface area contributed by atoms with Crippen LogP contribution in [0.1, 0.15) is 65.2 Å². The molecule has 0 bridgehead atoms. The number of carbonyl (C=O) groups is 1. The van der Waals surface area contributed by atoms with Crippen LogP contribution in [0.15, 0.2) is 28.4 Å². The molecule has 0 fully saturated rings. The normalized spacial score (nSPS) is 22.7. The number of allylic oxidation sites excluding steroid dienone is 4. The summed E-state index contributed by atoms with van der Waals surface area (Å²) in [7, 11) is 0. The number of aliphatic imine (C=N–C) groups is 1. The monoisotopic (exact) mass is 263 g/mol. The summed E-state index contributed by atoms with van der Waals surface area (Å²) >= 11 is 0. The smallest absolute Gasteiger partial charge is 0.303 e. The maximum absolute atomic E-state index is 10.7. The van der Waals surface area contributed by atoms with Gasteiger partial charge in [-0.15, -0.1) is 0 Å². The zero-order valence-corrected chi connectivity index (χ0v) is 12.1. The van der Waals surface area contributed by atoms with E-state index >= 15 is 0 Å². The lowest BCUT2D eigenvalue weighted by Gasteiger charge is -2.12. The molecule has 1 N–H and O–H groups in total. The first-order valence-corrected chi connectivity index (χ1v) is 7.25. The maximum atomic E-state index is 10.7. The number of carboxylic acid groups (broad SMARTS) is 1. The predicted octanol–water partition coefficient (Wildman–Crippen LogP) is 4.50. The average molecular weight is 263 g/mol. The first-order valence-electron chi connectivity index (χ1n) is 7.25. The van der Waals surface area contributed by atoms with E-state index in [9.17, 15) is 4.79 Å². The highest BCUT2D eigenvalue weighted by molar-refractivity contribution is 5.88. The third-order valence-electron chi connectivity index (χ3n) is 3.35. The molecule has 19 heavy (non-hydrogen) atoms. The Morgan fingerprint density at radius 1 is 1.21 bits per heavy atom. The van der Waals surface area contributed by atoms with Crippen molar-refractivity contribution in [3.05, 3.63) is 23.4 Å². The molecule has 3 nitrogen and oxygen atoms in total. The quantitative estimate of drug-likeness (QED) is 0.566. The molecule has 0 atom stereocenters. The molecule has 3 heteroatoms. The molecular weight excluding hydrogens is 238 g/mol. The van der Waals surface area contributed by atoms with Gasteiger partial charge in [0, 0.05) is 11.4 Å². The van der Waals surface area contributed by atoms with Gasteiger partial charge < -0.3 is 5.11 Å². The Bertz CT molecular complexity index is 392. The maximum Gasteiger partial charge on any atom is 0.303 e. The molecule has 0 heterocycles. The summed E-state index contributed by atoms with van der Waals surface area (Å²) in [6.45, 7) is 4.26. The molecule has 106 valence electrons. The Balaban J connectivity index is 2.78. The molecule has 0 saturated heterocycles. The first-order chi connectivity index (χ1) is 9.13. The molecule has 0 spiro atoms. The van der Waals surface area contributed by atoms with Crippen LogP contribution in [-0.2, 0) is 4.79 Å². The molecule has 0 aliphatic heterocycles. The highest BCUT2D eigenvalue weighted by Crippen LogP contribution is 2.21. The van der Waals surface area contributed by atoms with Gasteiger partial charge in [0.2, 0.25) is 0 Å². The van der Waals surface area contributed by atoms with Gasteiger partial charge >= 0.3 is 5.97 Å². The van der Waals surface area contributed by atoms with Crippen molar-refractivity contribution in [1.29, 1.82) is 0 Å². The summed E-state index contributed by atoms with van der Waals surface area (Å²) in [5.74, 6) is -0.741. The van der Waals surface area contributed by atoms with Crippen LogP contribution < -0.4 is 0 Å². The fourth-order valence-electron chi connectivity index (χ4n) is 2.23. The first kappa shape index (κ1) is 15.7. The molecule has 0 unspecified atom stereocenters. The van der Waals surface area contributed by atoms with Crippen molar-refractivity contribution in [2.45, 2.75) is 65.2 Å². The van der Waals surface area contributed by atoms with E-state index in [1.165, 1.54) is 11.3 Å². The van der Waals surface area contributed by atoms with E-state index in [2.05, 4.69) is 26.0 Å². The topological polar surface area (TPSA) is 49.7 Å². The van der Waals surface area contributed by atoms with Crippen molar-refractivity contribution in [2.24, 2.45) is 4.99 Å². The summed E-state index contributed by atoms with van der Waals surface area (Å²) in [6.07, 6.45) is 11.3. The largest absolute Gasteiger partial charge is 0.481 e. The van der Waals surface area contributed by atoms with Gasteiger partial charge in [-0.2, -0.15) is 0 Å². The zero-order chi connectivity index (χ0) is 14.1. The third kappa shape index (κ3) is 6.37. The Kier molecular flexibility index (Phi) is 7.16. The van der Waals surface area contributed by atoms with Crippen LogP contribution >= 0.6 is 0 Å². The SMILES string of the molecule is CCC/C(CCC(=O)O)=N\C1=C(/C)CC/C=C/CC1. The Labute approximate surface area is 116 Å². The third-order valence-corrected chi connectivity index (χ3v) is 3.35. The predicted molar refractivity (Wildman–Crippen MR) is 79.5 cm³/mol. The van der Waals surface area contributed by atoms with Gasteiger partial charge in [0.1, 0.15) is 0 Å². The number of hydrogen-bond donors (Lipinski definition) is 1. The number of nitrogens with zero attached hydrogens (tertiary/aromatic N) is 1. The molecule has 0 saturated carbocycles. The second-order valence-electron chi connectivity index (χ2n) is 5.10. The van der Waals surface area contributed by atoms with Crippen molar-refractivity contribution < 1.29 is 9.90 Å². The lowest BCUT2D eigenvalue weighted by atomic mass is 10.0. The van der Waals surface area contributed by atoms with Crippen LogP contribution in [0.3, 0.4) is 0 Å². The van der Waals surface area contributed by atoms with Gasteiger partial charge in [0.15, 0.2) is 0 Å². The van der Waals surface area contributed by atoms with Crippen LogP contribution in [0.2, 0.25) is 0 Å². The van der Waals surface area contributed by atoms with E-state index in [1.807, 2.05) is 0 Å². The van der Waals surface area contributed by atoms with Gasteiger partial charge in [-0.3, -0.25) is 9.79 Å². The van der Waals surface area contributed by atoms with Crippen molar-refractivity contribution in [3.8, 4) is 0 Å². The molecular formula is C16H25NO2. The average Bonchev–Trinajstić information content (AvgIpc) is 2.35. The lowest BCUT2D eigenvalue weighted by Crippen LogP contribution is -2.05. The summed E-state index contributed by atoms with van der Waals surface area (Å²) in [4.78, 5) is 15.5. The lowest BCUT2D eigenvalue weighted by molar-refractivity contribution is -0.136. The van der Waals surface area contributed by atoms with Gasteiger partial charge in [0.25, 0.3) is 0 Å². The van der Waals surface area contributed by atoms with Crippen molar-refractivity contribution in [1.82, 2.24) is 0 Å². The molecule has 0 aromatic carbocycles. The summed E-state index contributed by atoms with van der Waals surface area (Å²) < 4.78 is 0. The second kappa shape index (κ2) is 8.68. The van der Waals surface area contributed by atoms with E-state index in [0.29, 0.717) is 6.42 Å². The minimum Gasteiger partial charge on any atom is -0.481 e. The van der Waals surface area contributed by atoms with Crippen LogP contribution in [0, 0.1) is 0 Å². The number of aliphatic carboxylic acids is 1. The minimum absolute atomic E-state index is 0.186. The number of carboxylic acids is 1. The number of hydrogen-bond acceptors (Lipinski definition) is 2.